The van der Waals surface area contributed by atoms with Crippen molar-refractivity contribution >= 4 is 16.7 Å². The van der Waals surface area contributed by atoms with Crippen molar-refractivity contribution in [3.63, 3.8) is 0 Å². The van der Waals surface area contributed by atoms with Crippen LogP contribution in [0.1, 0.15) is 50.0 Å². The van der Waals surface area contributed by atoms with Gasteiger partial charge in [-0.1, -0.05) is 0 Å². The molecule has 2 aromatic carbocycles. The van der Waals surface area contributed by atoms with Crippen LogP contribution in [0.2, 0.25) is 0 Å². The zero-order chi connectivity index (χ0) is 22.5. The summed E-state index contributed by atoms with van der Waals surface area (Å²) in [5.41, 5.74) is 2.62. The molecule has 0 unspecified atom stereocenters. The highest BCUT2D eigenvalue weighted by Crippen LogP contribution is 2.52. The lowest BCUT2D eigenvalue weighted by atomic mass is 9.68. The summed E-state index contributed by atoms with van der Waals surface area (Å²) in [6.07, 6.45) is 4.99. The molecule has 0 atom stereocenters. The van der Waals surface area contributed by atoms with E-state index in [9.17, 15) is 18.0 Å². The molecule has 0 saturated heterocycles. The van der Waals surface area contributed by atoms with Gasteiger partial charge in [-0.05, 0) is 84.9 Å². The highest BCUT2D eigenvalue weighted by molar-refractivity contribution is 5.92. The van der Waals surface area contributed by atoms with Gasteiger partial charge in [0.25, 0.3) is 0 Å². The van der Waals surface area contributed by atoms with Crippen molar-refractivity contribution in [3.05, 3.63) is 59.4 Å². The Labute approximate surface area is 185 Å². The topological polar surface area (TPSA) is 42.1 Å². The normalized spacial score (nSPS) is 21.5. The Bertz CT molecular complexity index is 1160. The standard InChI is InChI=1S/C26H26F3NO2/c1-32-14-26(8-9-26)7-6-22(31)16-10-17(11-16)23-20-12-19(28)13-21(29)25(20)30-24(23)15-2-4-18(27)5-3-15/h2-5,12-13,16-17,30H,6-11,14H2,1H3. The Kier molecular flexibility index (Phi) is 5.36. The van der Waals surface area contributed by atoms with Crippen molar-refractivity contribution < 1.29 is 22.7 Å². The molecule has 1 aromatic heterocycles. The number of rotatable bonds is 8. The molecular weight excluding hydrogens is 415 g/mol. The predicted molar refractivity (Wildman–Crippen MR) is 117 cm³/mol. The van der Waals surface area contributed by atoms with Gasteiger partial charge in [0.15, 0.2) is 0 Å². The molecule has 2 aliphatic rings. The lowest BCUT2D eigenvalue weighted by Gasteiger charge is -2.35. The third-order valence-electron chi connectivity index (χ3n) is 7.31. The zero-order valence-electron chi connectivity index (χ0n) is 18.0. The molecule has 6 heteroatoms. The van der Waals surface area contributed by atoms with Crippen molar-refractivity contribution in [3.8, 4) is 11.3 Å². The number of H-pyrrole nitrogens is 1. The van der Waals surface area contributed by atoms with Crippen LogP contribution in [0.3, 0.4) is 0 Å². The van der Waals surface area contributed by atoms with Gasteiger partial charge >= 0.3 is 0 Å². The molecule has 2 fully saturated rings. The molecule has 0 bridgehead atoms. The van der Waals surface area contributed by atoms with E-state index in [1.165, 1.54) is 18.2 Å². The minimum atomic E-state index is -0.658. The number of methoxy groups -OCH3 is 1. The van der Waals surface area contributed by atoms with Crippen LogP contribution in [0.25, 0.3) is 22.2 Å². The van der Waals surface area contributed by atoms with Crippen molar-refractivity contribution in [2.75, 3.05) is 13.7 Å². The smallest absolute Gasteiger partial charge is 0.150 e. The molecule has 0 aliphatic heterocycles. The molecule has 1 heterocycles. The summed E-state index contributed by atoms with van der Waals surface area (Å²) < 4.78 is 47.3. The molecule has 3 nitrogen and oxygen atoms in total. The van der Waals surface area contributed by atoms with Crippen LogP contribution in [-0.4, -0.2) is 24.5 Å². The largest absolute Gasteiger partial charge is 0.384 e. The fourth-order valence-electron chi connectivity index (χ4n) is 5.17. The second-order valence-electron chi connectivity index (χ2n) is 9.50. The van der Waals surface area contributed by atoms with Crippen LogP contribution in [0.4, 0.5) is 13.2 Å². The lowest BCUT2D eigenvalue weighted by Crippen LogP contribution is -2.30. The number of aromatic nitrogens is 1. The molecule has 2 aliphatic carbocycles. The Morgan fingerprint density at radius 2 is 1.81 bits per heavy atom. The number of ether oxygens (including phenoxy) is 1. The summed E-state index contributed by atoms with van der Waals surface area (Å²) >= 11 is 0. The van der Waals surface area contributed by atoms with Gasteiger partial charge in [0.2, 0.25) is 0 Å². The quantitative estimate of drug-likeness (QED) is 0.432. The first-order valence-corrected chi connectivity index (χ1v) is 11.2. The van der Waals surface area contributed by atoms with Gasteiger partial charge < -0.3 is 9.72 Å². The maximum Gasteiger partial charge on any atom is 0.150 e. The monoisotopic (exact) mass is 441 g/mol. The number of carbonyl (C=O) groups is 1. The summed E-state index contributed by atoms with van der Waals surface area (Å²) in [6, 6.07) is 8.16. The number of halogens is 3. The second-order valence-corrected chi connectivity index (χ2v) is 9.50. The van der Waals surface area contributed by atoms with Gasteiger partial charge in [0.05, 0.1) is 17.8 Å². The van der Waals surface area contributed by atoms with Crippen molar-refractivity contribution in [2.45, 2.75) is 44.4 Å². The van der Waals surface area contributed by atoms with E-state index < -0.39 is 11.6 Å². The lowest BCUT2D eigenvalue weighted by molar-refractivity contribution is -0.126. The van der Waals surface area contributed by atoms with E-state index in [4.69, 9.17) is 4.74 Å². The maximum absolute atomic E-state index is 14.5. The molecule has 32 heavy (non-hydrogen) atoms. The van der Waals surface area contributed by atoms with E-state index in [1.54, 1.807) is 19.2 Å². The molecular formula is C26H26F3NO2. The summed E-state index contributed by atoms with van der Waals surface area (Å²) in [7, 11) is 1.70. The zero-order valence-corrected chi connectivity index (χ0v) is 18.0. The highest BCUT2D eigenvalue weighted by Gasteiger charge is 2.44. The van der Waals surface area contributed by atoms with E-state index in [1.807, 2.05) is 0 Å². The van der Waals surface area contributed by atoms with Crippen molar-refractivity contribution in [1.82, 2.24) is 4.98 Å². The molecule has 0 amide bonds. The Morgan fingerprint density at radius 3 is 2.47 bits per heavy atom. The molecule has 0 spiro atoms. The number of Topliss-reactive ketones (excluding diaryl/α,β-unsaturated/α-hetero) is 1. The van der Waals surface area contributed by atoms with Gasteiger partial charge in [0.1, 0.15) is 23.2 Å². The molecule has 1 N–H and O–H groups in total. The first-order valence-electron chi connectivity index (χ1n) is 11.2. The molecule has 3 aromatic rings. The van der Waals surface area contributed by atoms with Crippen molar-refractivity contribution in [1.29, 1.82) is 0 Å². The maximum atomic E-state index is 14.5. The summed E-state index contributed by atoms with van der Waals surface area (Å²) in [4.78, 5) is 15.9. The third-order valence-corrected chi connectivity index (χ3v) is 7.31. The highest BCUT2D eigenvalue weighted by atomic mass is 19.1. The Balaban J connectivity index is 1.39. The molecule has 5 rings (SSSR count). The van der Waals surface area contributed by atoms with Crippen LogP contribution in [0, 0.1) is 28.8 Å². The minimum Gasteiger partial charge on any atom is -0.384 e. The van der Waals surface area contributed by atoms with Gasteiger partial charge in [-0.2, -0.15) is 0 Å². The summed E-state index contributed by atoms with van der Waals surface area (Å²) in [6.45, 7) is 0.709. The fourth-order valence-corrected chi connectivity index (χ4v) is 5.17. The van der Waals surface area contributed by atoms with Crippen LogP contribution >= 0.6 is 0 Å². The first kappa shape index (κ1) is 21.3. The Hall–Kier alpha value is -2.60. The van der Waals surface area contributed by atoms with E-state index in [0.29, 0.717) is 42.5 Å². The number of benzene rings is 2. The van der Waals surface area contributed by atoms with E-state index in [0.717, 1.165) is 30.9 Å². The van der Waals surface area contributed by atoms with Gasteiger partial charge in [0, 0.05) is 30.9 Å². The van der Waals surface area contributed by atoms with Gasteiger partial charge in [-0.15, -0.1) is 0 Å². The number of nitrogens with one attached hydrogen (secondary N) is 1. The van der Waals surface area contributed by atoms with E-state index >= 15 is 0 Å². The Morgan fingerprint density at radius 1 is 1.09 bits per heavy atom. The van der Waals surface area contributed by atoms with E-state index in [2.05, 4.69) is 4.98 Å². The average Bonchev–Trinajstić information content (AvgIpc) is 3.39. The number of aromatic amines is 1. The summed E-state index contributed by atoms with van der Waals surface area (Å²) in [5, 5.41) is 0.495. The van der Waals surface area contributed by atoms with Gasteiger partial charge in [-0.3, -0.25) is 4.79 Å². The number of fused-ring (bicyclic) bond motifs is 1. The van der Waals surface area contributed by atoms with Crippen LogP contribution in [0.15, 0.2) is 36.4 Å². The predicted octanol–water partition coefficient (Wildman–Crippen LogP) is 6.52. The fraction of sp³-hybridized carbons (Fsp3) is 0.423. The SMILES string of the molecule is COCC1(CCC(=O)C2CC(c3c(-c4ccc(F)cc4)[nH]c4c(F)cc(F)cc34)C2)CC1. The minimum absolute atomic E-state index is 0.0211. The molecule has 2 saturated carbocycles. The van der Waals surface area contributed by atoms with Crippen LogP contribution in [0.5, 0.6) is 0 Å². The van der Waals surface area contributed by atoms with Crippen LogP contribution < -0.4 is 0 Å². The van der Waals surface area contributed by atoms with Crippen LogP contribution in [-0.2, 0) is 9.53 Å². The first-order chi connectivity index (χ1) is 15.4. The third kappa shape index (κ3) is 3.85. The summed E-state index contributed by atoms with van der Waals surface area (Å²) in [5.74, 6) is -1.39. The average molecular weight is 441 g/mol. The molecule has 168 valence electrons. The van der Waals surface area contributed by atoms with E-state index in [-0.39, 0.29) is 34.4 Å². The number of hydrogen-bond acceptors (Lipinski definition) is 2. The number of ketones is 1. The van der Waals surface area contributed by atoms with Crippen molar-refractivity contribution in [2.24, 2.45) is 11.3 Å². The number of hydrogen-bond donors (Lipinski definition) is 1. The second kappa shape index (κ2) is 8.07. The number of carbonyl (C=O) groups excluding carboxylic acids is 1. The van der Waals surface area contributed by atoms with Gasteiger partial charge in [-0.25, -0.2) is 13.2 Å². The molecule has 0 radical (unpaired) electrons.